The number of nitrogens with two attached hydrogens (primary N) is 2. The Morgan fingerprint density at radius 2 is 0.835 bits per heavy atom. The van der Waals surface area contributed by atoms with Gasteiger partial charge in [-0.1, -0.05) is 41.9 Å². The molecule has 6 aromatic rings. The molecule has 85 heavy (non-hydrogen) atoms. The molecule has 0 bridgehead atoms. The Morgan fingerprint density at radius 3 is 1.14 bits per heavy atom. The largest absolute Gasteiger partial charge is 0.488 e. The van der Waals surface area contributed by atoms with E-state index in [2.05, 4.69) is 30.9 Å². The normalized spacial score (nSPS) is 21.7. The van der Waals surface area contributed by atoms with Crippen molar-refractivity contribution in [3.8, 4) is 51.4 Å². The van der Waals surface area contributed by atoms with Gasteiger partial charge in [-0.3, -0.25) is 9.59 Å². The van der Waals surface area contributed by atoms with Crippen molar-refractivity contribution in [3.63, 3.8) is 0 Å². The van der Waals surface area contributed by atoms with E-state index in [0.29, 0.717) is 78.3 Å². The van der Waals surface area contributed by atoms with Gasteiger partial charge in [-0.05, 0) is 87.2 Å². The Kier molecular flexibility index (Phi) is 17.0. The van der Waals surface area contributed by atoms with Crippen molar-refractivity contribution in [1.82, 2.24) is 28.7 Å². The third kappa shape index (κ3) is 12.4. The highest BCUT2D eigenvalue weighted by molar-refractivity contribution is 9.10. The fourth-order valence-corrected chi connectivity index (χ4v) is 10.8. The second-order valence-corrected chi connectivity index (χ2v) is 22.3. The maximum Gasteiger partial charge on any atom is 0.416 e. The summed E-state index contributed by atoms with van der Waals surface area (Å²) in [5.74, 6) is 2.33. The minimum atomic E-state index is -2.75. The minimum Gasteiger partial charge on any atom is -0.488 e. The van der Waals surface area contributed by atoms with E-state index in [1.165, 1.54) is 0 Å². The van der Waals surface area contributed by atoms with Crippen LogP contribution in [0, 0.1) is 11.8 Å². The van der Waals surface area contributed by atoms with Crippen LogP contribution in [0.2, 0.25) is 0 Å². The number of cyclic esters (lactones) is 3. The van der Waals surface area contributed by atoms with Crippen LogP contribution in [0.4, 0.5) is 58.2 Å². The van der Waals surface area contributed by atoms with Crippen molar-refractivity contribution in [2.75, 3.05) is 34.5 Å². The number of amides is 5. The maximum absolute atomic E-state index is 13.3. The van der Waals surface area contributed by atoms with E-state index in [1.807, 2.05) is 79.9 Å². The predicted octanol–water partition coefficient (Wildman–Crippen LogP) is 8.85. The van der Waals surface area contributed by atoms with Crippen molar-refractivity contribution in [3.05, 3.63) is 88.8 Å². The van der Waals surface area contributed by atoms with Gasteiger partial charge in [0.15, 0.2) is 17.5 Å². The maximum atomic E-state index is 13.3. The molecule has 0 aliphatic carbocycles. The van der Waals surface area contributed by atoms with Crippen molar-refractivity contribution in [1.29, 1.82) is 0 Å². The number of nitrogens with zero attached hydrogens (tertiary/aromatic N) is 9. The Balaban J connectivity index is 0.000000142. The summed E-state index contributed by atoms with van der Waals surface area (Å²) in [5, 5.41) is 0. The number of rotatable bonds is 12. The number of hydrogen-bond donors (Lipinski definition) is 2. The molecule has 3 aromatic heterocycles. The SMILES string of the molecule is CC1Cn2cc(N3C(=O)OC[C@H]3C(F)F)nc2-c2ccc(Br)cc2O1.C[C@@H]1Cn2cc(N3C(=O)OC[C@H]3C(F)F)nc2-c2ccc(C[C@@H](C)C(N)=O)cc2O1.C[C@H](Cc1ccc2c(c1)O[C@@H](C)Cn1cc(N3C(=O)OC[C@H]3C(F)F)nc1-2)C(N)=O. The van der Waals surface area contributed by atoms with E-state index in [0.717, 1.165) is 35.9 Å². The quantitative estimate of drug-likeness (QED) is 0.0857. The summed E-state index contributed by atoms with van der Waals surface area (Å²) in [4.78, 5) is 74.9. The van der Waals surface area contributed by atoms with Crippen LogP contribution in [0.3, 0.4) is 0 Å². The lowest BCUT2D eigenvalue weighted by molar-refractivity contribution is -0.122. The molecule has 3 fully saturated rings. The number of carbonyl (C=O) groups is 5. The van der Waals surface area contributed by atoms with Gasteiger partial charge in [0.2, 0.25) is 11.8 Å². The molecule has 3 aromatic carbocycles. The highest BCUT2D eigenvalue weighted by Gasteiger charge is 2.45. The van der Waals surface area contributed by atoms with Crippen molar-refractivity contribution in [2.24, 2.45) is 23.3 Å². The summed E-state index contributed by atoms with van der Waals surface area (Å²) in [5.41, 5.74) is 14.6. The van der Waals surface area contributed by atoms with Gasteiger partial charge < -0.3 is 53.6 Å². The molecule has 5 amide bonds. The Bertz CT molecular complexity index is 3390. The molecule has 452 valence electrons. The van der Waals surface area contributed by atoms with Crippen LogP contribution in [0.5, 0.6) is 17.2 Å². The summed E-state index contributed by atoms with van der Waals surface area (Å²) in [6.45, 7) is 9.40. The zero-order chi connectivity index (χ0) is 60.9. The van der Waals surface area contributed by atoms with Gasteiger partial charge in [0.1, 0.15) is 91.0 Å². The lowest BCUT2D eigenvalue weighted by Crippen LogP contribution is -2.38. The van der Waals surface area contributed by atoms with Crippen LogP contribution in [0.15, 0.2) is 77.7 Å². The average Bonchev–Trinajstić information content (AvgIpc) is 3.25. The molecule has 9 heterocycles. The number of benzene rings is 3. The van der Waals surface area contributed by atoms with Gasteiger partial charge in [-0.15, -0.1) is 0 Å². The number of primary amides is 2. The molecule has 29 heteroatoms. The summed E-state index contributed by atoms with van der Waals surface area (Å²) >= 11 is 3.41. The van der Waals surface area contributed by atoms with Crippen LogP contribution in [0.25, 0.3) is 34.2 Å². The smallest absolute Gasteiger partial charge is 0.416 e. The van der Waals surface area contributed by atoms with Crippen molar-refractivity contribution >= 4 is 63.5 Å². The molecule has 4 N–H and O–H groups in total. The molecule has 1 unspecified atom stereocenters. The first-order valence-electron chi connectivity index (χ1n) is 27.0. The molecule has 6 aliphatic heterocycles. The third-order valence-corrected chi connectivity index (χ3v) is 15.3. The lowest BCUT2D eigenvalue weighted by Gasteiger charge is -2.18. The first kappa shape index (κ1) is 59.7. The summed E-state index contributed by atoms with van der Waals surface area (Å²) in [6, 6.07) is 12.4. The number of ether oxygens (including phenoxy) is 6. The summed E-state index contributed by atoms with van der Waals surface area (Å²) in [7, 11) is 0. The molecular formula is C56H58BrF6N11O11. The molecule has 0 radical (unpaired) electrons. The van der Waals surface area contributed by atoms with Crippen LogP contribution in [0.1, 0.15) is 45.7 Å². The molecule has 0 spiro atoms. The fraction of sp³-hybridized carbons (Fsp3) is 0.429. The molecule has 3 saturated heterocycles. The summed E-state index contributed by atoms with van der Waals surface area (Å²) < 4.78 is 118. The van der Waals surface area contributed by atoms with Gasteiger partial charge in [-0.25, -0.2) is 70.4 Å². The Hall–Kier alpha value is -8.50. The topological polar surface area (TPSA) is 256 Å². The lowest BCUT2D eigenvalue weighted by atomic mass is 9.99. The molecule has 8 atom stereocenters. The number of aromatic nitrogens is 6. The molecule has 6 aliphatic rings. The minimum absolute atomic E-state index is 0.115. The first-order valence-corrected chi connectivity index (χ1v) is 27.8. The van der Waals surface area contributed by atoms with Gasteiger partial charge in [-0.2, -0.15) is 0 Å². The zero-order valence-corrected chi connectivity index (χ0v) is 47.8. The number of halogens is 7. The molecular weight excluding hydrogens is 1200 g/mol. The van der Waals surface area contributed by atoms with Gasteiger partial charge in [0, 0.05) is 34.9 Å². The van der Waals surface area contributed by atoms with Crippen LogP contribution >= 0.6 is 15.9 Å². The summed E-state index contributed by atoms with van der Waals surface area (Å²) in [6.07, 6.45) is -5.64. The van der Waals surface area contributed by atoms with E-state index in [-0.39, 0.29) is 79.2 Å². The number of hydrogen-bond acceptors (Lipinski definition) is 14. The van der Waals surface area contributed by atoms with Crippen LogP contribution < -0.4 is 40.4 Å². The second kappa shape index (κ2) is 24.2. The molecule has 0 saturated carbocycles. The van der Waals surface area contributed by atoms with E-state index in [4.69, 9.17) is 39.9 Å². The number of carbonyl (C=O) groups excluding carboxylic acids is 5. The number of fused-ring (bicyclic) bond motifs is 9. The van der Waals surface area contributed by atoms with E-state index in [9.17, 15) is 50.3 Å². The Morgan fingerprint density at radius 1 is 0.529 bits per heavy atom. The molecule has 22 nitrogen and oxygen atoms in total. The van der Waals surface area contributed by atoms with Crippen LogP contribution in [-0.4, -0.2) is 134 Å². The second-order valence-electron chi connectivity index (χ2n) is 21.4. The van der Waals surface area contributed by atoms with Gasteiger partial charge in [0.25, 0.3) is 19.3 Å². The zero-order valence-electron chi connectivity index (χ0n) is 46.3. The van der Waals surface area contributed by atoms with Crippen LogP contribution in [-0.2, 0) is 56.3 Å². The van der Waals surface area contributed by atoms with E-state index < -0.39 is 55.7 Å². The third-order valence-electron chi connectivity index (χ3n) is 14.8. The number of alkyl halides is 6. The predicted molar refractivity (Wildman–Crippen MR) is 296 cm³/mol. The molecule has 12 rings (SSSR count). The highest BCUT2D eigenvalue weighted by Crippen LogP contribution is 2.41. The average molecular weight is 1260 g/mol. The number of anilines is 3. The highest BCUT2D eigenvalue weighted by atomic mass is 79.9. The Labute approximate surface area is 490 Å². The standard InChI is InChI=1S/2C20H22F2N4O4.C16H14BrF2N3O3/c2*1-10(18(23)27)5-12-3-4-13-15(6-12)30-11(2)7-25-8-16(24-19(13)25)26-14(17(21)22)9-29-20(26)28;1-8-5-21-6-13(22-11(14(18)19)7-24-16(22)23)20-15(21)10-3-2-9(17)4-12(10)25-8/h2*3-4,6,8,10-11,14,17H,5,7,9H2,1-2H3,(H2,23,27);2-4,6,8,11,14H,5,7H2,1H3/t10-,11+,14+;10-,11-,14+;8?,11-/m110/s1. The number of imidazole rings is 3. The first-order chi connectivity index (χ1) is 40.4. The fourth-order valence-electron chi connectivity index (χ4n) is 10.5. The van der Waals surface area contributed by atoms with E-state index >= 15 is 0 Å². The monoisotopic (exact) mass is 1250 g/mol. The van der Waals surface area contributed by atoms with Gasteiger partial charge in [0.05, 0.1) is 36.3 Å². The van der Waals surface area contributed by atoms with Crippen molar-refractivity contribution in [2.45, 2.75) is 123 Å². The van der Waals surface area contributed by atoms with Crippen molar-refractivity contribution < 1.29 is 78.7 Å². The van der Waals surface area contributed by atoms with E-state index in [1.54, 1.807) is 41.6 Å². The van der Waals surface area contributed by atoms with Gasteiger partial charge >= 0.3 is 18.3 Å².